The Bertz CT molecular complexity index is 497. The summed E-state index contributed by atoms with van der Waals surface area (Å²) in [6, 6.07) is 11.8. The number of guanidine groups is 1. The summed E-state index contributed by atoms with van der Waals surface area (Å²) in [5, 5.41) is 7.04. The Balaban J connectivity index is 0.00000312. The first-order valence-corrected chi connectivity index (χ1v) is 10.4. The summed E-state index contributed by atoms with van der Waals surface area (Å²) >= 11 is 1.91. The maximum atomic E-state index is 4.37. The van der Waals surface area contributed by atoms with Crippen molar-refractivity contribution in [2.75, 3.05) is 32.1 Å². The Hall–Kier alpha value is -0.470. The topological polar surface area (TPSA) is 39.7 Å². The number of hydrogen-bond acceptors (Lipinski definition) is 3. The van der Waals surface area contributed by atoms with Crippen molar-refractivity contribution in [1.29, 1.82) is 0 Å². The van der Waals surface area contributed by atoms with Gasteiger partial charge in [-0.2, -0.15) is 11.8 Å². The van der Waals surface area contributed by atoms with E-state index in [2.05, 4.69) is 64.0 Å². The van der Waals surface area contributed by atoms with E-state index in [1.807, 2.05) is 18.8 Å². The molecule has 1 aromatic carbocycles. The first-order chi connectivity index (χ1) is 11.7. The molecule has 1 aliphatic rings. The van der Waals surface area contributed by atoms with Gasteiger partial charge in [0.2, 0.25) is 0 Å². The predicted octanol–water partition coefficient (Wildman–Crippen LogP) is 3.58. The summed E-state index contributed by atoms with van der Waals surface area (Å²) in [5.41, 5.74) is 1.39. The number of hydrogen-bond donors (Lipinski definition) is 2. The highest BCUT2D eigenvalue weighted by molar-refractivity contribution is 14.0. The fraction of sp³-hybridized carbons (Fsp3) is 0.632. The maximum absolute atomic E-state index is 4.37. The minimum Gasteiger partial charge on any atom is -0.356 e. The third-order valence-corrected chi connectivity index (χ3v) is 5.26. The number of unbranched alkanes of at least 4 members (excludes halogenated alkanes) is 1. The summed E-state index contributed by atoms with van der Waals surface area (Å²) in [4.78, 5) is 6.93. The average Bonchev–Trinajstić information content (AvgIpc) is 2.94. The molecule has 2 unspecified atom stereocenters. The smallest absolute Gasteiger partial charge is 0.191 e. The monoisotopic (exact) mass is 476 g/mol. The lowest BCUT2D eigenvalue weighted by Crippen LogP contribution is -2.44. The summed E-state index contributed by atoms with van der Waals surface area (Å²) in [6.45, 7) is 5.42. The van der Waals surface area contributed by atoms with E-state index < -0.39 is 0 Å². The molecule has 1 aliphatic heterocycles. The van der Waals surface area contributed by atoms with Gasteiger partial charge in [-0.1, -0.05) is 30.3 Å². The molecule has 6 heteroatoms. The summed E-state index contributed by atoms with van der Waals surface area (Å²) < 4.78 is 0. The zero-order valence-electron chi connectivity index (χ0n) is 15.7. The minimum absolute atomic E-state index is 0. The molecule has 1 fully saturated rings. The second-order valence-corrected chi connectivity index (χ2v) is 7.53. The molecule has 0 amide bonds. The van der Waals surface area contributed by atoms with Gasteiger partial charge in [0.1, 0.15) is 0 Å². The van der Waals surface area contributed by atoms with Gasteiger partial charge in [0.25, 0.3) is 0 Å². The molecule has 0 saturated carbocycles. The molecule has 0 bridgehead atoms. The van der Waals surface area contributed by atoms with Crippen LogP contribution in [0, 0.1) is 0 Å². The molecule has 1 saturated heterocycles. The molecule has 2 atom stereocenters. The molecule has 1 heterocycles. The van der Waals surface area contributed by atoms with Crippen molar-refractivity contribution < 1.29 is 0 Å². The van der Waals surface area contributed by atoms with Crippen LogP contribution in [0.15, 0.2) is 35.3 Å². The van der Waals surface area contributed by atoms with Crippen LogP contribution in [0.3, 0.4) is 0 Å². The predicted molar refractivity (Wildman–Crippen MR) is 122 cm³/mol. The first kappa shape index (κ1) is 22.6. The van der Waals surface area contributed by atoms with Gasteiger partial charge in [-0.3, -0.25) is 9.89 Å². The fourth-order valence-corrected chi connectivity index (χ4v) is 3.70. The van der Waals surface area contributed by atoms with Crippen molar-refractivity contribution in [1.82, 2.24) is 15.5 Å². The van der Waals surface area contributed by atoms with E-state index in [1.165, 1.54) is 30.6 Å². The highest BCUT2D eigenvalue weighted by Crippen LogP contribution is 2.20. The van der Waals surface area contributed by atoms with Gasteiger partial charge in [0.15, 0.2) is 5.96 Å². The standard InChI is InChI=1S/C19H32N4S.HI/c1-16-13-18(15-23(16)14-17-9-5-4-6-10-17)22-19(20-2)21-11-7-8-12-24-3;/h4-6,9-10,16,18H,7-8,11-15H2,1-3H3,(H2,20,21,22);1H. The van der Waals surface area contributed by atoms with E-state index >= 15 is 0 Å². The van der Waals surface area contributed by atoms with Crippen LogP contribution >= 0.6 is 35.7 Å². The van der Waals surface area contributed by atoms with Gasteiger partial charge in [0.05, 0.1) is 0 Å². The molecule has 0 aromatic heterocycles. The molecule has 142 valence electrons. The lowest BCUT2D eigenvalue weighted by Gasteiger charge is -2.21. The second-order valence-electron chi connectivity index (χ2n) is 6.54. The Morgan fingerprint density at radius 3 is 2.72 bits per heavy atom. The van der Waals surface area contributed by atoms with E-state index in [0.717, 1.165) is 25.6 Å². The molecule has 0 aliphatic carbocycles. The van der Waals surface area contributed by atoms with Crippen LogP contribution in [0.2, 0.25) is 0 Å². The zero-order valence-corrected chi connectivity index (χ0v) is 18.8. The Morgan fingerprint density at radius 2 is 2.04 bits per heavy atom. The van der Waals surface area contributed by atoms with E-state index in [-0.39, 0.29) is 24.0 Å². The van der Waals surface area contributed by atoms with E-state index in [0.29, 0.717) is 12.1 Å². The minimum atomic E-state index is 0. The largest absolute Gasteiger partial charge is 0.356 e. The van der Waals surface area contributed by atoms with Crippen molar-refractivity contribution in [2.45, 2.75) is 44.8 Å². The van der Waals surface area contributed by atoms with Crippen LogP contribution in [-0.2, 0) is 6.54 Å². The van der Waals surface area contributed by atoms with Crippen LogP contribution in [0.1, 0.15) is 31.7 Å². The number of nitrogens with one attached hydrogen (secondary N) is 2. The molecule has 0 spiro atoms. The number of aliphatic imine (C=N–C) groups is 1. The van der Waals surface area contributed by atoms with E-state index in [4.69, 9.17) is 0 Å². The van der Waals surface area contributed by atoms with Crippen molar-refractivity contribution in [2.24, 2.45) is 4.99 Å². The van der Waals surface area contributed by atoms with Gasteiger partial charge in [-0.05, 0) is 43.8 Å². The highest BCUT2D eigenvalue weighted by atomic mass is 127. The summed E-state index contributed by atoms with van der Waals surface area (Å²) in [7, 11) is 1.86. The van der Waals surface area contributed by atoms with E-state index in [1.54, 1.807) is 0 Å². The molecular formula is C19H33IN4S. The Labute approximate surface area is 174 Å². The SMILES string of the molecule is CN=C(NCCCCSC)NC1CC(C)N(Cc2ccccc2)C1.I. The summed E-state index contributed by atoms with van der Waals surface area (Å²) in [6.07, 6.45) is 5.79. The zero-order chi connectivity index (χ0) is 17.2. The van der Waals surface area contributed by atoms with Gasteiger partial charge in [-0.25, -0.2) is 0 Å². The summed E-state index contributed by atoms with van der Waals surface area (Å²) in [5.74, 6) is 2.18. The van der Waals surface area contributed by atoms with Crippen LogP contribution in [0.25, 0.3) is 0 Å². The molecule has 0 radical (unpaired) electrons. The normalized spacial score (nSPS) is 21.0. The molecular weight excluding hydrogens is 443 g/mol. The number of benzene rings is 1. The van der Waals surface area contributed by atoms with Crippen LogP contribution in [-0.4, -0.2) is 55.1 Å². The fourth-order valence-electron chi connectivity index (χ4n) is 3.21. The van der Waals surface area contributed by atoms with Crippen molar-refractivity contribution in [3.8, 4) is 0 Å². The highest BCUT2D eigenvalue weighted by Gasteiger charge is 2.29. The number of halogens is 1. The molecule has 4 nitrogen and oxygen atoms in total. The van der Waals surface area contributed by atoms with Crippen LogP contribution < -0.4 is 10.6 Å². The van der Waals surface area contributed by atoms with Crippen molar-refractivity contribution >= 4 is 41.7 Å². The third kappa shape index (κ3) is 8.17. The van der Waals surface area contributed by atoms with Gasteiger partial charge in [0, 0.05) is 38.8 Å². The molecule has 2 N–H and O–H groups in total. The first-order valence-electron chi connectivity index (χ1n) is 8.97. The second kappa shape index (κ2) is 12.8. The lowest BCUT2D eigenvalue weighted by atomic mass is 10.2. The Morgan fingerprint density at radius 1 is 1.28 bits per heavy atom. The quantitative estimate of drug-likeness (QED) is 0.261. The third-order valence-electron chi connectivity index (χ3n) is 4.56. The molecule has 25 heavy (non-hydrogen) atoms. The van der Waals surface area contributed by atoms with Crippen molar-refractivity contribution in [3.05, 3.63) is 35.9 Å². The molecule has 1 aromatic rings. The van der Waals surface area contributed by atoms with Crippen LogP contribution in [0.4, 0.5) is 0 Å². The van der Waals surface area contributed by atoms with Crippen molar-refractivity contribution in [3.63, 3.8) is 0 Å². The van der Waals surface area contributed by atoms with Gasteiger partial charge >= 0.3 is 0 Å². The Kier molecular flexibility index (Phi) is 11.6. The number of thioether (sulfide) groups is 1. The van der Waals surface area contributed by atoms with Gasteiger partial charge in [-0.15, -0.1) is 24.0 Å². The number of rotatable bonds is 8. The maximum Gasteiger partial charge on any atom is 0.191 e. The number of nitrogens with zero attached hydrogens (tertiary/aromatic N) is 2. The molecule has 2 rings (SSSR count). The average molecular weight is 476 g/mol. The lowest BCUT2D eigenvalue weighted by molar-refractivity contribution is 0.258. The number of likely N-dealkylation sites (tertiary alicyclic amines) is 1. The van der Waals surface area contributed by atoms with E-state index in [9.17, 15) is 0 Å². The van der Waals surface area contributed by atoms with Gasteiger partial charge < -0.3 is 10.6 Å². The van der Waals surface area contributed by atoms with Crippen LogP contribution in [0.5, 0.6) is 0 Å².